The summed E-state index contributed by atoms with van der Waals surface area (Å²) in [6.45, 7) is 1.25. The maximum absolute atomic E-state index is 13.4. The fourth-order valence-corrected chi connectivity index (χ4v) is 3.71. The molecule has 5 heteroatoms. The van der Waals surface area contributed by atoms with Gasteiger partial charge in [0.2, 0.25) is 0 Å². The van der Waals surface area contributed by atoms with E-state index in [-0.39, 0.29) is 17.1 Å². The highest BCUT2D eigenvalue weighted by Crippen LogP contribution is 2.23. The van der Waals surface area contributed by atoms with E-state index in [1.54, 1.807) is 4.90 Å². The number of carbonyl (C=O) groups is 1. The Bertz CT molecular complexity index is 1020. The van der Waals surface area contributed by atoms with Crippen LogP contribution in [0.5, 0.6) is 0 Å². The van der Waals surface area contributed by atoms with E-state index in [9.17, 15) is 14.0 Å². The minimum absolute atomic E-state index is 0.0281. The number of carbonyl (C=O) groups excluding carboxylic acids is 1. The second-order valence-electron chi connectivity index (χ2n) is 7.05. The van der Waals surface area contributed by atoms with E-state index in [0.717, 1.165) is 19.3 Å². The highest BCUT2D eigenvalue weighted by atomic mass is 19.1. The Labute approximate surface area is 156 Å². The summed E-state index contributed by atoms with van der Waals surface area (Å²) >= 11 is 0. The van der Waals surface area contributed by atoms with Gasteiger partial charge in [-0.15, -0.1) is 0 Å². The summed E-state index contributed by atoms with van der Waals surface area (Å²) in [5.41, 5.74) is 0.694. The van der Waals surface area contributed by atoms with Gasteiger partial charge in [-0.3, -0.25) is 4.79 Å². The largest absolute Gasteiger partial charge is 0.417 e. The summed E-state index contributed by atoms with van der Waals surface area (Å²) in [4.78, 5) is 26.6. The van der Waals surface area contributed by atoms with Gasteiger partial charge in [0.15, 0.2) is 5.76 Å². The summed E-state index contributed by atoms with van der Waals surface area (Å²) in [7, 11) is 0. The van der Waals surface area contributed by atoms with Crippen molar-refractivity contribution in [2.24, 2.45) is 5.92 Å². The highest BCUT2D eigenvalue weighted by molar-refractivity contribution is 5.95. The fourth-order valence-electron chi connectivity index (χ4n) is 3.71. The van der Waals surface area contributed by atoms with Gasteiger partial charge >= 0.3 is 5.63 Å². The Morgan fingerprint density at radius 2 is 1.81 bits per heavy atom. The first-order valence-electron chi connectivity index (χ1n) is 9.17. The summed E-state index contributed by atoms with van der Waals surface area (Å²) in [6, 6.07) is 15.6. The molecule has 4 nitrogen and oxygen atoms in total. The molecule has 0 bridgehead atoms. The Hall–Kier alpha value is -2.95. The smallest absolute Gasteiger partial charge is 0.344 e. The number of piperidine rings is 1. The number of hydrogen-bond donors (Lipinski definition) is 0. The van der Waals surface area contributed by atoms with Crippen molar-refractivity contribution in [3.8, 4) is 0 Å². The molecule has 0 N–H and O–H groups in total. The van der Waals surface area contributed by atoms with E-state index in [4.69, 9.17) is 4.42 Å². The topological polar surface area (TPSA) is 50.5 Å². The number of halogens is 1. The lowest BCUT2D eigenvalue weighted by Gasteiger charge is -2.31. The molecule has 0 saturated carbocycles. The third-order valence-electron chi connectivity index (χ3n) is 5.20. The molecule has 0 unspecified atom stereocenters. The van der Waals surface area contributed by atoms with Crippen molar-refractivity contribution in [1.82, 2.24) is 4.90 Å². The number of fused-ring (bicyclic) bond motifs is 1. The highest BCUT2D eigenvalue weighted by Gasteiger charge is 2.25. The molecule has 2 heterocycles. The normalized spacial score (nSPS) is 15.2. The number of hydrogen-bond acceptors (Lipinski definition) is 3. The monoisotopic (exact) mass is 365 g/mol. The molecule has 1 amide bonds. The number of nitrogens with zero attached hydrogens (tertiary/aromatic N) is 1. The minimum atomic E-state index is -0.616. The first kappa shape index (κ1) is 17.5. The van der Waals surface area contributed by atoms with E-state index in [1.807, 2.05) is 18.2 Å². The Balaban J connectivity index is 1.46. The van der Waals surface area contributed by atoms with Crippen LogP contribution >= 0.6 is 0 Å². The number of rotatable bonds is 3. The van der Waals surface area contributed by atoms with Crippen molar-refractivity contribution in [3.63, 3.8) is 0 Å². The Morgan fingerprint density at radius 1 is 1.07 bits per heavy atom. The molecule has 1 aliphatic rings. The number of likely N-dealkylation sites (tertiary alicyclic amines) is 1. The summed E-state index contributed by atoms with van der Waals surface area (Å²) < 4.78 is 18.6. The van der Waals surface area contributed by atoms with Crippen LogP contribution in [0.4, 0.5) is 4.39 Å². The first-order valence-corrected chi connectivity index (χ1v) is 9.17. The molecule has 0 radical (unpaired) electrons. The van der Waals surface area contributed by atoms with Gasteiger partial charge in [-0.2, -0.15) is 0 Å². The quantitative estimate of drug-likeness (QED) is 0.704. The van der Waals surface area contributed by atoms with Crippen LogP contribution in [-0.4, -0.2) is 23.9 Å². The van der Waals surface area contributed by atoms with E-state index in [1.165, 1.54) is 29.8 Å². The zero-order chi connectivity index (χ0) is 18.8. The molecule has 0 atom stereocenters. The number of amides is 1. The van der Waals surface area contributed by atoms with E-state index >= 15 is 0 Å². The van der Waals surface area contributed by atoms with E-state index < -0.39 is 11.4 Å². The molecular weight excluding hydrogens is 345 g/mol. The first-order chi connectivity index (χ1) is 13.1. The molecule has 138 valence electrons. The van der Waals surface area contributed by atoms with E-state index in [2.05, 4.69) is 12.1 Å². The second kappa shape index (κ2) is 7.35. The van der Waals surface area contributed by atoms with Gasteiger partial charge in [0.05, 0.1) is 5.39 Å². The van der Waals surface area contributed by atoms with Gasteiger partial charge < -0.3 is 9.32 Å². The van der Waals surface area contributed by atoms with Crippen molar-refractivity contribution < 1.29 is 13.6 Å². The molecule has 0 aliphatic carbocycles. The third-order valence-corrected chi connectivity index (χ3v) is 5.20. The lowest BCUT2D eigenvalue weighted by atomic mass is 9.90. The van der Waals surface area contributed by atoms with Crippen molar-refractivity contribution >= 4 is 16.7 Å². The fraction of sp³-hybridized carbons (Fsp3) is 0.273. The molecule has 3 aromatic rings. The van der Waals surface area contributed by atoms with Crippen molar-refractivity contribution in [2.75, 3.05) is 13.1 Å². The third kappa shape index (κ3) is 3.77. The van der Waals surface area contributed by atoms with Crippen LogP contribution in [0.15, 0.2) is 63.8 Å². The van der Waals surface area contributed by atoms with Gasteiger partial charge in [-0.1, -0.05) is 30.3 Å². The van der Waals surface area contributed by atoms with Crippen LogP contribution in [0, 0.1) is 11.7 Å². The van der Waals surface area contributed by atoms with Gasteiger partial charge in [-0.25, -0.2) is 9.18 Å². The van der Waals surface area contributed by atoms with Gasteiger partial charge in [0.1, 0.15) is 5.82 Å². The van der Waals surface area contributed by atoms with Gasteiger partial charge in [0, 0.05) is 13.1 Å². The van der Waals surface area contributed by atoms with Crippen LogP contribution in [0.25, 0.3) is 10.8 Å². The molecule has 1 saturated heterocycles. The molecule has 2 aromatic carbocycles. The minimum Gasteiger partial charge on any atom is -0.417 e. The average Bonchev–Trinajstić information content (AvgIpc) is 2.68. The molecule has 1 aliphatic heterocycles. The standard InChI is InChI=1S/C22H20FNO3/c23-18-6-7-19-17(13-18)14-20(27-22(19)26)21(25)24-10-8-16(9-11-24)12-15-4-2-1-3-5-15/h1-7,13-14,16H,8-12H2. The molecule has 27 heavy (non-hydrogen) atoms. The van der Waals surface area contributed by atoms with Crippen molar-refractivity contribution in [1.29, 1.82) is 0 Å². The lowest BCUT2D eigenvalue weighted by molar-refractivity contribution is 0.0654. The predicted molar refractivity (Wildman–Crippen MR) is 101 cm³/mol. The van der Waals surface area contributed by atoms with Crippen molar-refractivity contribution in [2.45, 2.75) is 19.3 Å². The zero-order valence-electron chi connectivity index (χ0n) is 14.9. The second-order valence-corrected chi connectivity index (χ2v) is 7.05. The van der Waals surface area contributed by atoms with Crippen molar-refractivity contribution in [3.05, 3.63) is 82.2 Å². The molecule has 1 fully saturated rings. The maximum Gasteiger partial charge on any atom is 0.344 e. The van der Waals surface area contributed by atoms with Crippen LogP contribution < -0.4 is 5.63 Å². The summed E-state index contributed by atoms with van der Waals surface area (Å²) in [5.74, 6) is -0.251. The van der Waals surface area contributed by atoms with Crippen LogP contribution in [0.2, 0.25) is 0 Å². The zero-order valence-corrected chi connectivity index (χ0v) is 14.9. The van der Waals surface area contributed by atoms with Crippen LogP contribution in [0.3, 0.4) is 0 Å². The Morgan fingerprint density at radius 3 is 2.56 bits per heavy atom. The molecular formula is C22H20FNO3. The SMILES string of the molecule is O=C(c1cc2cc(F)ccc2c(=O)o1)N1CCC(Cc2ccccc2)CC1. The van der Waals surface area contributed by atoms with Crippen LogP contribution in [0.1, 0.15) is 29.0 Å². The number of benzene rings is 2. The molecule has 1 aromatic heterocycles. The lowest BCUT2D eigenvalue weighted by Crippen LogP contribution is -2.39. The molecule has 0 spiro atoms. The van der Waals surface area contributed by atoms with E-state index in [0.29, 0.717) is 24.4 Å². The maximum atomic E-state index is 13.4. The average molecular weight is 365 g/mol. The summed E-state index contributed by atoms with van der Waals surface area (Å²) in [5, 5.41) is 0.656. The summed E-state index contributed by atoms with van der Waals surface area (Å²) in [6.07, 6.45) is 2.83. The van der Waals surface area contributed by atoms with Gasteiger partial charge in [-0.05, 0) is 60.4 Å². The van der Waals surface area contributed by atoms with Gasteiger partial charge in [0.25, 0.3) is 5.91 Å². The van der Waals surface area contributed by atoms with Crippen LogP contribution in [-0.2, 0) is 6.42 Å². The molecule has 4 rings (SSSR count). The predicted octanol–water partition coefficient (Wildman–Crippen LogP) is 4.03. The Kier molecular flexibility index (Phi) is 4.75.